The van der Waals surface area contributed by atoms with E-state index in [1.807, 2.05) is 0 Å². The maximum absolute atomic E-state index is 10.7. The molecule has 1 aromatic rings. The van der Waals surface area contributed by atoms with Gasteiger partial charge in [0.15, 0.2) is 0 Å². The first kappa shape index (κ1) is 14.4. The molecule has 0 heterocycles. The van der Waals surface area contributed by atoms with Crippen LogP contribution in [0.5, 0.6) is 0 Å². The predicted octanol–water partition coefficient (Wildman–Crippen LogP) is 4.92. The molecule has 0 spiro atoms. The summed E-state index contributed by atoms with van der Waals surface area (Å²) in [7, 11) is 0. The monoisotopic (exact) mass is 296 g/mol. The number of benzene rings is 1. The standard InChI is InChI=1S/C15H21BrO/c1-13(17)7-5-3-2-4-6-8-14-9-11-15(16)12-10-14/h9-12H,2-8H2,1H3. The summed E-state index contributed by atoms with van der Waals surface area (Å²) in [5.41, 5.74) is 1.41. The molecule has 1 nitrogen and oxygen atoms in total. The molecule has 0 bridgehead atoms. The predicted molar refractivity (Wildman–Crippen MR) is 76.2 cm³/mol. The first-order chi connectivity index (χ1) is 8.18. The first-order valence-corrected chi connectivity index (χ1v) is 7.21. The highest BCUT2D eigenvalue weighted by atomic mass is 79.9. The van der Waals surface area contributed by atoms with Crippen LogP contribution in [0.3, 0.4) is 0 Å². The van der Waals surface area contributed by atoms with Crippen LogP contribution in [0, 0.1) is 0 Å². The second-order valence-electron chi connectivity index (χ2n) is 4.60. The second kappa shape index (κ2) is 8.46. The van der Waals surface area contributed by atoms with Crippen molar-refractivity contribution in [3.63, 3.8) is 0 Å². The van der Waals surface area contributed by atoms with Crippen molar-refractivity contribution < 1.29 is 4.79 Å². The molecule has 0 saturated heterocycles. The number of hydrogen-bond donors (Lipinski definition) is 0. The van der Waals surface area contributed by atoms with Gasteiger partial charge in [0.25, 0.3) is 0 Å². The summed E-state index contributed by atoms with van der Waals surface area (Å²) in [5.74, 6) is 0.319. The van der Waals surface area contributed by atoms with Gasteiger partial charge in [0.1, 0.15) is 5.78 Å². The van der Waals surface area contributed by atoms with Crippen molar-refractivity contribution in [3.05, 3.63) is 34.3 Å². The number of halogens is 1. The van der Waals surface area contributed by atoms with E-state index in [1.165, 1.54) is 37.7 Å². The fourth-order valence-corrected chi connectivity index (χ4v) is 2.15. The van der Waals surface area contributed by atoms with E-state index in [0.717, 1.165) is 17.3 Å². The van der Waals surface area contributed by atoms with Crippen LogP contribution in [-0.4, -0.2) is 5.78 Å². The lowest BCUT2D eigenvalue weighted by molar-refractivity contribution is -0.117. The van der Waals surface area contributed by atoms with Crippen molar-refractivity contribution in [1.82, 2.24) is 0 Å². The van der Waals surface area contributed by atoms with Crippen molar-refractivity contribution in [2.45, 2.75) is 51.9 Å². The third kappa shape index (κ3) is 7.32. The summed E-state index contributed by atoms with van der Waals surface area (Å²) in [6.45, 7) is 1.67. The molecule has 1 aromatic carbocycles. The third-order valence-corrected chi connectivity index (χ3v) is 3.44. The Bertz CT molecular complexity index is 329. The van der Waals surface area contributed by atoms with Crippen LogP contribution in [-0.2, 0) is 11.2 Å². The fourth-order valence-electron chi connectivity index (χ4n) is 1.88. The molecule has 0 aromatic heterocycles. The summed E-state index contributed by atoms with van der Waals surface area (Å²) in [5, 5.41) is 0. The summed E-state index contributed by atoms with van der Waals surface area (Å²) in [6.07, 6.45) is 7.96. The highest BCUT2D eigenvalue weighted by molar-refractivity contribution is 9.10. The van der Waals surface area contributed by atoms with Crippen LogP contribution in [0.15, 0.2) is 28.7 Å². The Morgan fingerprint density at radius 2 is 1.59 bits per heavy atom. The maximum atomic E-state index is 10.7. The molecule has 94 valence electrons. The van der Waals surface area contributed by atoms with Crippen LogP contribution in [0.25, 0.3) is 0 Å². The molecule has 17 heavy (non-hydrogen) atoms. The lowest BCUT2D eigenvalue weighted by Crippen LogP contribution is -1.90. The van der Waals surface area contributed by atoms with Crippen molar-refractivity contribution in [1.29, 1.82) is 0 Å². The van der Waals surface area contributed by atoms with Gasteiger partial charge in [-0.2, -0.15) is 0 Å². The highest BCUT2D eigenvalue weighted by Gasteiger charge is 1.96. The average molecular weight is 297 g/mol. The van der Waals surface area contributed by atoms with E-state index in [2.05, 4.69) is 40.2 Å². The number of unbranched alkanes of at least 4 members (excludes halogenated alkanes) is 4. The number of carbonyl (C=O) groups is 1. The highest BCUT2D eigenvalue weighted by Crippen LogP contribution is 2.13. The maximum Gasteiger partial charge on any atom is 0.129 e. The summed E-state index contributed by atoms with van der Waals surface area (Å²) in [4.78, 5) is 10.7. The molecule has 0 aliphatic rings. The molecule has 0 radical (unpaired) electrons. The van der Waals surface area contributed by atoms with Crippen molar-refractivity contribution in [2.75, 3.05) is 0 Å². The zero-order valence-electron chi connectivity index (χ0n) is 10.5. The Morgan fingerprint density at radius 3 is 2.24 bits per heavy atom. The minimum atomic E-state index is 0.319. The van der Waals surface area contributed by atoms with Crippen LogP contribution in [0.2, 0.25) is 0 Å². The first-order valence-electron chi connectivity index (χ1n) is 6.42. The molecule has 0 saturated carbocycles. The van der Waals surface area contributed by atoms with Gasteiger partial charge in [0.2, 0.25) is 0 Å². The Hall–Kier alpha value is -0.630. The quantitative estimate of drug-likeness (QED) is 0.622. The third-order valence-electron chi connectivity index (χ3n) is 2.91. The Labute approximate surface area is 113 Å². The summed E-state index contributed by atoms with van der Waals surface area (Å²) >= 11 is 3.44. The number of aryl methyl sites for hydroxylation is 1. The number of rotatable bonds is 8. The van der Waals surface area contributed by atoms with Gasteiger partial charge in [-0.25, -0.2) is 0 Å². The summed E-state index contributed by atoms with van der Waals surface area (Å²) < 4.78 is 1.14. The van der Waals surface area contributed by atoms with Gasteiger partial charge < -0.3 is 4.79 Å². The van der Waals surface area contributed by atoms with Crippen LogP contribution in [0.4, 0.5) is 0 Å². The van der Waals surface area contributed by atoms with Crippen molar-refractivity contribution in [3.8, 4) is 0 Å². The van der Waals surface area contributed by atoms with Crippen LogP contribution >= 0.6 is 15.9 Å². The lowest BCUT2D eigenvalue weighted by atomic mass is 10.0. The van der Waals surface area contributed by atoms with E-state index in [4.69, 9.17) is 0 Å². The molecule has 0 atom stereocenters. The number of ketones is 1. The number of carbonyl (C=O) groups excluding carboxylic acids is 1. The molecule has 0 fully saturated rings. The molecule has 0 unspecified atom stereocenters. The van der Waals surface area contributed by atoms with E-state index >= 15 is 0 Å². The van der Waals surface area contributed by atoms with Gasteiger partial charge in [-0.3, -0.25) is 0 Å². The average Bonchev–Trinajstić information content (AvgIpc) is 2.30. The molecule has 0 N–H and O–H groups in total. The Morgan fingerprint density at radius 1 is 1.00 bits per heavy atom. The SMILES string of the molecule is CC(=O)CCCCCCCc1ccc(Br)cc1. The van der Waals surface area contributed by atoms with Gasteiger partial charge in [-0.05, 0) is 43.9 Å². The normalized spacial score (nSPS) is 10.5. The molecule has 0 amide bonds. The van der Waals surface area contributed by atoms with Crippen LogP contribution in [0.1, 0.15) is 51.0 Å². The second-order valence-corrected chi connectivity index (χ2v) is 5.51. The zero-order valence-corrected chi connectivity index (χ0v) is 12.1. The van der Waals surface area contributed by atoms with E-state index < -0.39 is 0 Å². The van der Waals surface area contributed by atoms with E-state index in [9.17, 15) is 4.79 Å². The van der Waals surface area contributed by atoms with Gasteiger partial charge in [-0.1, -0.05) is 47.3 Å². The number of hydrogen-bond acceptors (Lipinski definition) is 1. The molecule has 0 aliphatic heterocycles. The van der Waals surface area contributed by atoms with Gasteiger partial charge in [0.05, 0.1) is 0 Å². The van der Waals surface area contributed by atoms with Crippen LogP contribution < -0.4 is 0 Å². The molecule has 1 rings (SSSR count). The van der Waals surface area contributed by atoms with Gasteiger partial charge >= 0.3 is 0 Å². The van der Waals surface area contributed by atoms with E-state index in [1.54, 1.807) is 6.92 Å². The molecule has 0 aliphatic carbocycles. The van der Waals surface area contributed by atoms with E-state index in [0.29, 0.717) is 5.78 Å². The zero-order chi connectivity index (χ0) is 12.5. The lowest BCUT2D eigenvalue weighted by Gasteiger charge is -2.02. The van der Waals surface area contributed by atoms with Gasteiger partial charge in [0, 0.05) is 10.9 Å². The van der Waals surface area contributed by atoms with Gasteiger partial charge in [-0.15, -0.1) is 0 Å². The number of Topliss-reactive ketones (excluding diaryl/α,β-unsaturated/α-hetero) is 1. The Kier molecular flexibility index (Phi) is 7.18. The molecular formula is C15H21BrO. The van der Waals surface area contributed by atoms with Crippen molar-refractivity contribution >= 4 is 21.7 Å². The topological polar surface area (TPSA) is 17.1 Å². The van der Waals surface area contributed by atoms with Crippen molar-refractivity contribution in [2.24, 2.45) is 0 Å². The molecular weight excluding hydrogens is 276 g/mol. The largest absolute Gasteiger partial charge is 0.300 e. The Balaban J connectivity index is 2.01. The summed E-state index contributed by atoms with van der Waals surface area (Å²) in [6, 6.07) is 8.56. The molecule has 2 heteroatoms. The van der Waals surface area contributed by atoms with E-state index in [-0.39, 0.29) is 0 Å². The minimum Gasteiger partial charge on any atom is -0.300 e. The minimum absolute atomic E-state index is 0.319. The smallest absolute Gasteiger partial charge is 0.129 e. The fraction of sp³-hybridized carbons (Fsp3) is 0.533.